The highest BCUT2D eigenvalue weighted by atomic mass is 16.5. The average Bonchev–Trinajstić information content (AvgIpc) is 2.80. The lowest BCUT2D eigenvalue weighted by molar-refractivity contribution is 0.0471. The Morgan fingerprint density at radius 1 is 1.30 bits per heavy atom. The first-order chi connectivity index (χ1) is 10.9. The average molecular weight is 315 g/mol. The zero-order chi connectivity index (χ0) is 17.0. The molecule has 2 N–H and O–H groups in total. The Hall–Kier alpha value is -2.63. The van der Waals surface area contributed by atoms with Crippen molar-refractivity contribution in [1.82, 2.24) is 9.78 Å². The Balaban J connectivity index is 2.11. The number of nitrogens with zero attached hydrogens (tertiary/aromatic N) is 2. The van der Waals surface area contributed by atoms with Crippen LogP contribution in [0.25, 0.3) is 0 Å². The van der Waals surface area contributed by atoms with Crippen molar-refractivity contribution >= 4 is 11.9 Å². The second-order valence-electron chi connectivity index (χ2n) is 5.41. The number of carbonyl (C=O) groups is 2. The van der Waals surface area contributed by atoms with Crippen molar-refractivity contribution in [3.63, 3.8) is 0 Å². The van der Waals surface area contributed by atoms with Crippen LogP contribution in [-0.2, 0) is 17.9 Å². The Morgan fingerprint density at radius 3 is 2.70 bits per heavy atom. The van der Waals surface area contributed by atoms with E-state index in [-0.39, 0.29) is 6.61 Å². The van der Waals surface area contributed by atoms with Gasteiger partial charge in [-0.05, 0) is 38.0 Å². The van der Waals surface area contributed by atoms with Gasteiger partial charge in [0.2, 0.25) is 5.91 Å². The smallest absolute Gasteiger partial charge is 0.342 e. The van der Waals surface area contributed by atoms with Gasteiger partial charge in [-0.15, -0.1) is 0 Å². The Morgan fingerprint density at radius 2 is 2.04 bits per heavy atom. The number of hydrogen-bond acceptors (Lipinski definition) is 4. The van der Waals surface area contributed by atoms with Crippen molar-refractivity contribution in [1.29, 1.82) is 0 Å². The number of ether oxygens (including phenoxy) is 1. The van der Waals surface area contributed by atoms with Crippen molar-refractivity contribution in [3.05, 3.63) is 52.3 Å². The Kier molecular flexibility index (Phi) is 5.16. The van der Waals surface area contributed by atoms with E-state index in [2.05, 4.69) is 12.0 Å². The summed E-state index contributed by atoms with van der Waals surface area (Å²) < 4.78 is 7.18. The van der Waals surface area contributed by atoms with E-state index < -0.39 is 11.9 Å². The van der Waals surface area contributed by atoms with E-state index in [1.165, 1.54) is 0 Å². The number of rotatable bonds is 6. The van der Waals surface area contributed by atoms with E-state index in [0.29, 0.717) is 22.4 Å². The first-order valence-electron chi connectivity index (χ1n) is 7.54. The summed E-state index contributed by atoms with van der Waals surface area (Å²) in [5.74, 6) is -0.919. The van der Waals surface area contributed by atoms with Crippen molar-refractivity contribution in [2.24, 2.45) is 5.73 Å². The molecule has 0 aliphatic rings. The number of benzene rings is 1. The van der Waals surface area contributed by atoms with Gasteiger partial charge in [0, 0.05) is 12.1 Å². The number of aryl methyl sites for hydroxylation is 2. The summed E-state index contributed by atoms with van der Waals surface area (Å²) in [7, 11) is 0. The predicted molar refractivity (Wildman–Crippen MR) is 86.1 cm³/mol. The molecule has 0 aliphatic heterocycles. The van der Waals surface area contributed by atoms with Crippen LogP contribution in [0.1, 0.15) is 51.0 Å². The van der Waals surface area contributed by atoms with E-state index >= 15 is 0 Å². The molecule has 23 heavy (non-hydrogen) atoms. The number of carbonyl (C=O) groups excluding carboxylic acids is 2. The van der Waals surface area contributed by atoms with E-state index in [9.17, 15) is 9.59 Å². The maximum atomic E-state index is 12.3. The molecule has 0 spiro atoms. The molecule has 0 atom stereocenters. The number of primary amides is 1. The van der Waals surface area contributed by atoms with Gasteiger partial charge in [0.15, 0.2) is 0 Å². The lowest BCUT2D eigenvalue weighted by atomic mass is 10.1. The zero-order valence-corrected chi connectivity index (χ0v) is 13.6. The molecule has 0 radical (unpaired) electrons. The van der Waals surface area contributed by atoms with Crippen LogP contribution < -0.4 is 5.73 Å². The highest BCUT2D eigenvalue weighted by molar-refractivity contribution is 5.93. The molecule has 1 amide bonds. The monoisotopic (exact) mass is 315 g/mol. The minimum Gasteiger partial charge on any atom is -0.457 e. The molecule has 0 aliphatic carbocycles. The van der Waals surface area contributed by atoms with Gasteiger partial charge in [-0.25, -0.2) is 4.79 Å². The molecule has 1 heterocycles. The molecule has 2 aromatic rings. The summed E-state index contributed by atoms with van der Waals surface area (Å²) in [5, 5.41) is 4.37. The Bertz CT molecular complexity index is 735. The quantitative estimate of drug-likeness (QED) is 0.829. The molecule has 0 unspecified atom stereocenters. The van der Waals surface area contributed by atoms with Crippen molar-refractivity contribution < 1.29 is 14.3 Å². The fourth-order valence-corrected chi connectivity index (χ4v) is 2.46. The maximum Gasteiger partial charge on any atom is 0.342 e. The van der Waals surface area contributed by atoms with Gasteiger partial charge < -0.3 is 10.5 Å². The molecular weight excluding hydrogens is 294 g/mol. The van der Waals surface area contributed by atoms with Crippen LogP contribution >= 0.6 is 0 Å². The lowest BCUT2D eigenvalue weighted by Gasteiger charge is -2.07. The minimum absolute atomic E-state index is 0.0811. The molecule has 2 rings (SSSR count). The largest absolute Gasteiger partial charge is 0.457 e. The summed E-state index contributed by atoms with van der Waals surface area (Å²) in [4.78, 5) is 23.5. The van der Waals surface area contributed by atoms with Crippen molar-refractivity contribution in [2.45, 2.75) is 40.3 Å². The Labute approximate surface area is 135 Å². The molecule has 0 fully saturated rings. The summed E-state index contributed by atoms with van der Waals surface area (Å²) in [6.45, 7) is 6.56. The molecule has 0 saturated heterocycles. The molecule has 1 aromatic carbocycles. The number of esters is 1. The molecule has 0 bridgehead atoms. The van der Waals surface area contributed by atoms with Gasteiger partial charge in [-0.3, -0.25) is 9.48 Å². The summed E-state index contributed by atoms with van der Waals surface area (Å²) in [6.07, 6.45) is 0.941. The third kappa shape index (κ3) is 3.77. The highest BCUT2D eigenvalue weighted by Crippen LogP contribution is 2.16. The minimum atomic E-state index is -0.509. The molecule has 6 nitrogen and oxygen atoms in total. The number of aromatic nitrogens is 2. The highest BCUT2D eigenvalue weighted by Gasteiger charge is 2.19. The van der Waals surface area contributed by atoms with E-state index in [0.717, 1.165) is 18.7 Å². The SMILES string of the molecule is CCCn1nc(C)c(C(=O)OCc2cccc(C(N)=O)c2)c1C. The van der Waals surface area contributed by atoms with Gasteiger partial charge in [0.1, 0.15) is 12.2 Å². The van der Waals surface area contributed by atoms with Crippen LogP contribution in [0.4, 0.5) is 0 Å². The van der Waals surface area contributed by atoms with Crippen LogP contribution in [-0.4, -0.2) is 21.7 Å². The topological polar surface area (TPSA) is 87.2 Å². The van der Waals surface area contributed by atoms with Gasteiger partial charge in [-0.1, -0.05) is 19.1 Å². The molecular formula is C17H21N3O3. The van der Waals surface area contributed by atoms with E-state index in [4.69, 9.17) is 10.5 Å². The summed E-state index contributed by atoms with van der Waals surface area (Å²) in [5.41, 5.74) is 8.32. The summed E-state index contributed by atoms with van der Waals surface area (Å²) >= 11 is 0. The second kappa shape index (κ2) is 7.09. The van der Waals surface area contributed by atoms with Crippen LogP contribution in [0, 0.1) is 13.8 Å². The van der Waals surface area contributed by atoms with Crippen molar-refractivity contribution in [2.75, 3.05) is 0 Å². The predicted octanol–water partition coefficient (Wildman–Crippen LogP) is 2.37. The first-order valence-corrected chi connectivity index (χ1v) is 7.54. The van der Waals surface area contributed by atoms with Crippen LogP contribution in [0.15, 0.2) is 24.3 Å². The summed E-state index contributed by atoms with van der Waals surface area (Å²) in [6, 6.07) is 6.73. The lowest BCUT2D eigenvalue weighted by Crippen LogP contribution is -2.12. The first kappa shape index (κ1) is 16.7. The van der Waals surface area contributed by atoms with E-state index in [1.807, 2.05) is 11.6 Å². The third-order valence-electron chi connectivity index (χ3n) is 3.60. The molecule has 6 heteroatoms. The number of hydrogen-bond donors (Lipinski definition) is 1. The molecule has 122 valence electrons. The molecule has 0 saturated carbocycles. The number of nitrogens with two attached hydrogens (primary N) is 1. The standard InChI is InChI=1S/C17H21N3O3/c1-4-8-20-12(3)15(11(2)19-20)17(22)23-10-13-6-5-7-14(9-13)16(18)21/h5-7,9H,4,8,10H2,1-3H3,(H2,18,21). The zero-order valence-electron chi connectivity index (χ0n) is 13.6. The second-order valence-corrected chi connectivity index (χ2v) is 5.41. The van der Waals surface area contributed by atoms with Gasteiger partial charge >= 0.3 is 5.97 Å². The normalized spacial score (nSPS) is 10.6. The van der Waals surface area contributed by atoms with Crippen molar-refractivity contribution in [3.8, 4) is 0 Å². The van der Waals surface area contributed by atoms with Crippen LogP contribution in [0.3, 0.4) is 0 Å². The van der Waals surface area contributed by atoms with E-state index in [1.54, 1.807) is 31.2 Å². The molecule has 1 aromatic heterocycles. The fraction of sp³-hybridized carbons (Fsp3) is 0.353. The number of amides is 1. The van der Waals surface area contributed by atoms with Gasteiger partial charge in [0.05, 0.1) is 11.4 Å². The fourth-order valence-electron chi connectivity index (χ4n) is 2.46. The third-order valence-corrected chi connectivity index (χ3v) is 3.60. The maximum absolute atomic E-state index is 12.3. The van der Waals surface area contributed by atoms with Crippen LogP contribution in [0.2, 0.25) is 0 Å². The van der Waals surface area contributed by atoms with Crippen LogP contribution in [0.5, 0.6) is 0 Å². The van der Waals surface area contributed by atoms with Gasteiger partial charge in [0.25, 0.3) is 0 Å². The van der Waals surface area contributed by atoms with Gasteiger partial charge in [-0.2, -0.15) is 5.10 Å².